The van der Waals surface area contributed by atoms with Crippen molar-refractivity contribution in [1.82, 2.24) is 10.6 Å². The maximum Gasteiger partial charge on any atom is 0.263 e. The van der Waals surface area contributed by atoms with E-state index in [0.29, 0.717) is 41.4 Å². The molecular formula is C22H21BrN2O5S. The van der Waals surface area contributed by atoms with Crippen LogP contribution in [0.15, 0.2) is 46.4 Å². The van der Waals surface area contributed by atoms with Crippen LogP contribution in [-0.4, -0.2) is 36.7 Å². The number of hydrogen-bond donors (Lipinski definition) is 2. The van der Waals surface area contributed by atoms with Gasteiger partial charge in [0.25, 0.3) is 11.8 Å². The van der Waals surface area contributed by atoms with Crippen molar-refractivity contribution < 1.29 is 23.8 Å². The minimum Gasteiger partial charge on any atom is -0.490 e. The third-order valence-electron chi connectivity index (χ3n) is 4.27. The number of halogens is 1. The van der Waals surface area contributed by atoms with Gasteiger partial charge in [-0.25, -0.2) is 0 Å². The number of carbonyl (C=O) groups excluding carboxylic acids is 2. The quantitative estimate of drug-likeness (QED) is 0.247. The summed E-state index contributed by atoms with van der Waals surface area (Å²) < 4.78 is 18.0. The van der Waals surface area contributed by atoms with Crippen molar-refractivity contribution in [2.45, 2.75) is 13.8 Å². The Morgan fingerprint density at radius 2 is 1.68 bits per heavy atom. The molecule has 9 heteroatoms. The summed E-state index contributed by atoms with van der Waals surface area (Å²) in [5.41, 5.74) is 1.59. The normalized spacial score (nSPS) is 13.4. The molecule has 0 bridgehead atoms. The molecule has 0 atom stereocenters. The number of thiocarbonyl (C=S) groups is 1. The van der Waals surface area contributed by atoms with Crippen LogP contribution < -0.4 is 24.8 Å². The number of carbonyl (C=O) groups is 2. The first-order valence-corrected chi connectivity index (χ1v) is 10.7. The van der Waals surface area contributed by atoms with Gasteiger partial charge in [-0.2, -0.15) is 0 Å². The molecule has 2 aromatic rings. The number of nitrogens with one attached hydrogen (secondary N) is 2. The second-order valence-corrected chi connectivity index (χ2v) is 7.78. The third-order valence-corrected chi connectivity index (χ3v) is 5.06. The summed E-state index contributed by atoms with van der Waals surface area (Å²) in [5.74, 6) is 0.677. The molecular weight excluding hydrogens is 484 g/mol. The highest BCUT2D eigenvalue weighted by Gasteiger charge is 2.26. The van der Waals surface area contributed by atoms with Crippen LogP contribution in [0.2, 0.25) is 0 Å². The molecule has 7 nitrogen and oxygen atoms in total. The fraction of sp³-hybridized carbons (Fsp3) is 0.227. The van der Waals surface area contributed by atoms with Gasteiger partial charge in [0.1, 0.15) is 24.5 Å². The Morgan fingerprint density at radius 3 is 2.35 bits per heavy atom. The van der Waals surface area contributed by atoms with E-state index < -0.39 is 11.8 Å². The van der Waals surface area contributed by atoms with Crippen molar-refractivity contribution in [1.29, 1.82) is 0 Å². The zero-order valence-corrected chi connectivity index (χ0v) is 19.4. The second-order valence-electron chi connectivity index (χ2n) is 6.52. The fourth-order valence-electron chi connectivity index (χ4n) is 2.86. The molecule has 2 aromatic carbocycles. The molecule has 1 aliphatic rings. The molecule has 1 saturated heterocycles. The van der Waals surface area contributed by atoms with Crippen molar-refractivity contribution in [3.63, 3.8) is 0 Å². The van der Waals surface area contributed by atoms with Crippen molar-refractivity contribution in [3.8, 4) is 17.2 Å². The Balaban J connectivity index is 1.75. The lowest BCUT2D eigenvalue weighted by molar-refractivity contribution is -0.123. The molecule has 1 heterocycles. The van der Waals surface area contributed by atoms with Gasteiger partial charge in [0.05, 0.1) is 11.1 Å². The van der Waals surface area contributed by atoms with E-state index in [1.807, 2.05) is 38.1 Å². The monoisotopic (exact) mass is 504 g/mol. The van der Waals surface area contributed by atoms with E-state index in [4.69, 9.17) is 26.4 Å². The number of para-hydroxylation sites is 1. The van der Waals surface area contributed by atoms with Gasteiger partial charge in [-0.15, -0.1) is 0 Å². The highest BCUT2D eigenvalue weighted by molar-refractivity contribution is 9.10. The lowest BCUT2D eigenvalue weighted by atomic mass is 10.1. The molecule has 0 unspecified atom stereocenters. The predicted octanol–water partition coefficient (Wildman–Crippen LogP) is 3.53. The first kappa shape index (κ1) is 22.8. The summed E-state index contributed by atoms with van der Waals surface area (Å²) in [6, 6.07) is 11.2. The van der Waals surface area contributed by atoms with Gasteiger partial charge in [-0.1, -0.05) is 18.2 Å². The lowest BCUT2D eigenvalue weighted by Crippen LogP contribution is -2.51. The van der Waals surface area contributed by atoms with Gasteiger partial charge in [0.2, 0.25) is 0 Å². The number of benzene rings is 2. The lowest BCUT2D eigenvalue weighted by Gasteiger charge is -2.17. The van der Waals surface area contributed by atoms with Gasteiger partial charge in [0, 0.05) is 0 Å². The highest BCUT2D eigenvalue weighted by Crippen LogP contribution is 2.37. The van der Waals surface area contributed by atoms with Crippen LogP contribution in [0.1, 0.15) is 18.1 Å². The van der Waals surface area contributed by atoms with Gasteiger partial charge in [0.15, 0.2) is 16.6 Å². The van der Waals surface area contributed by atoms with Crippen molar-refractivity contribution >= 4 is 51.2 Å². The van der Waals surface area contributed by atoms with Gasteiger partial charge < -0.3 is 14.2 Å². The second kappa shape index (κ2) is 10.4. The summed E-state index contributed by atoms with van der Waals surface area (Å²) in [7, 11) is 0. The standard InChI is InChI=1S/C22H21BrN2O5S/c1-3-28-18-12-14(10-15-20(26)24-22(31)25-21(15)27)11-16(23)19(18)30-9-8-29-17-7-5-4-6-13(17)2/h4-7,10-12H,3,8-9H2,1-2H3,(H2,24,25,26,27,31). The molecule has 2 amide bonds. The smallest absolute Gasteiger partial charge is 0.263 e. The van der Waals surface area contributed by atoms with E-state index >= 15 is 0 Å². The van der Waals surface area contributed by atoms with Crippen LogP contribution in [0, 0.1) is 6.92 Å². The highest BCUT2D eigenvalue weighted by atomic mass is 79.9. The minimum atomic E-state index is -0.559. The first-order chi connectivity index (χ1) is 14.9. The fourth-order valence-corrected chi connectivity index (χ4v) is 3.62. The van der Waals surface area contributed by atoms with E-state index in [1.54, 1.807) is 12.1 Å². The zero-order chi connectivity index (χ0) is 22.4. The third kappa shape index (κ3) is 5.83. The maximum atomic E-state index is 12.1. The average molecular weight is 505 g/mol. The summed E-state index contributed by atoms with van der Waals surface area (Å²) in [4.78, 5) is 24.2. The first-order valence-electron chi connectivity index (χ1n) is 9.55. The van der Waals surface area contributed by atoms with E-state index in [2.05, 4.69) is 26.6 Å². The van der Waals surface area contributed by atoms with Crippen LogP contribution in [0.4, 0.5) is 0 Å². The van der Waals surface area contributed by atoms with E-state index in [9.17, 15) is 9.59 Å². The average Bonchev–Trinajstić information content (AvgIpc) is 2.71. The van der Waals surface area contributed by atoms with Crippen LogP contribution in [0.5, 0.6) is 17.2 Å². The Morgan fingerprint density at radius 1 is 1.00 bits per heavy atom. The van der Waals surface area contributed by atoms with E-state index in [0.717, 1.165) is 11.3 Å². The summed E-state index contributed by atoms with van der Waals surface area (Å²) in [6.45, 7) is 4.91. The minimum absolute atomic E-state index is 0.0139. The predicted molar refractivity (Wildman–Crippen MR) is 124 cm³/mol. The molecule has 0 spiro atoms. The van der Waals surface area contributed by atoms with Crippen molar-refractivity contribution in [3.05, 3.63) is 57.6 Å². The summed E-state index contributed by atoms with van der Waals surface area (Å²) in [5, 5.41) is 4.80. The molecule has 1 fully saturated rings. The Bertz CT molecular complexity index is 1030. The molecule has 0 aromatic heterocycles. The number of aryl methyl sites for hydroxylation is 1. The maximum absolute atomic E-state index is 12.1. The number of amides is 2. The number of rotatable bonds is 8. The SMILES string of the molecule is CCOc1cc(C=C2C(=O)NC(=S)NC2=O)cc(Br)c1OCCOc1ccccc1C. The van der Waals surface area contributed by atoms with Crippen LogP contribution in [0.25, 0.3) is 6.08 Å². The van der Waals surface area contributed by atoms with Crippen LogP contribution >= 0.6 is 28.1 Å². The van der Waals surface area contributed by atoms with E-state index in [-0.39, 0.29) is 10.7 Å². The molecule has 0 aliphatic carbocycles. The van der Waals surface area contributed by atoms with Crippen molar-refractivity contribution in [2.24, 2.45) is 0 Å². The van der Waals surface area contributed by atoms with E-state index in [1.165, 1.54) is 6.08 Å². The van der Waals surface area contributed by atoms with Gasteiger partial charge in [-0.3, -0.25) is 20.2 Å². The molecule has 3 rings (SSSR count). The molecule has 0 saturated carbocycles. The van der Waals surface area contributed by atoms with Crippen LogP contribution in [-0.2, 0) is 9.59 Å². The Kier molecular flexibility index (Phi) is 7.64. The molecule has 1 aliphatic heterocycles. The Labute approximate surface area is 193 Å². The molecule has 2 N–H and O–H groups in total. The number of ether oxygens (including phenoxy) is 3. The largest absolute Gasteiger partial charge is 0.490 e. The number of hydrogen-bond acceptors (Lipinski definition) is 6. The molecule has 162 valence electrons. The zero-order valence-electron chi connectivity index (χ0n) is 17.0. The van der Waals surface area contributed by atoms with Gasteiger partial charge in [-0.05, 0) is 77.4 Å². The topological polar surface area (TPSA) is 85.9 Å². The van der Waals surface area contributed by atoms with Gasteiger partial charge >= 0.3 is 0 Å². The summed E-state index contributed by atoms with van der Waals surface area (Å²) >= 11 is 8.30. The molecule has 31 heavy (non-hydrogen) atoms. The van der Waals surface area contributed by atoms with Crippen molar-refractivity contribution in [2.75, 3.05) is 19.8 Å². The van der Waals surface area contributed by atoms with Crippen LogP contribution in [0.3, 0.4) is 0 Å². The Hall–Kier alpha value is -2.91. The summed E-state index contributed by atoms with van der Waals surface area (Å²) in [6.07, 6.45) is 1.46. The molecule has 0 radical (unpaired) electrons.